The predicted octanol–water partition coefficient (Wildman–Crippen LogP) is 6.09. The normalized spacial score (nSPS) is 13.8. The van der Waals surface area contributed by atoms with Crippen LogP contribution < -0.4 is 4.74 Å². The van der Waals surface area contributed by atoms with Gasteiger partial charge < -0.3 is 4.74 Å². The van der Waals surface area contributed by atoms with E-state index in [0.717, 1.165) is 11.1 Å². The number of hydrogen-bond donors (Lipinski definition) is 0. The molecule has 0 spiro atoms. The van der Waals surface area contributed by atoms with E-state index in [4.69, 9.17) is 39.5 Å². The molecule has 2 atom stereocenters. The van der Waals surface area contributed by atoms with Gasteiger partial charge in [-0.25, -0.2) is 0 Å². The van der Waals surface area contributed by atoms with E-state index in [0.29, 0.717) is 15.8 Å². The summed E-state index contributed by atoms with van der Waals surface area (Å²) in [5.41, 5.74) is 1.98. The van der Waals surface area contributed by atoms with Gasteiger partial charge in [0.05, 0.1) is 17.5 Å². The minimum Gasteiger partial charge on any atom is -0.495 e. The lowest BCUT2D eigenvalue weighted by atomic mass is 9.93. The van der Waals surface area contributed by atoms with Crippen LogP contribution in [0.25, 0.3) is 0 Å². The van der Waals surface area contributed by atoms with E-state index in [-0.39, 0.29) is 11.3 Å². The van der Waals surface area contributed by atoms with Crippen molar-refractivity contribution >= 4 is 34.8 Å². The first kappa shape index (κ1) is 15.5. The van der Waals surface area contributed by atoms with Crippen molar-refractivity contribution in [1.82, 2.24) is 0 Å². The first-order chi connectivity index (χ1) is 9.54. The summed E-state index contributed by atoms with van der Waals surface area (Å²) in [6.07, 6.45) is 0. The number of ether oxygens (including phenoxy) is 1. The molecule has 0 aromatic heterocycles. The molecule has 2 aromatic carbocycles. The van der Waals surface area contributed by atoms with Gasteiger partial charge in [-0.3, -0.25) is 0 Å². The van der Waals surface area contributed by atoms with Crippen molar-refractivity contribution in [2.75, 3.05) is 7.11 Å². The van der Waals surface area contributed by atoms with Crippen LogP contribution in [0.1, 0.15) is 29.3 Å². The van der Waals surface area contributed by atoms with Gasteiger partial charge in [0.2, 0.25) is 0 Å². The van der Waals surface area contributed by atoms with E-state index < -0.39 is 0 Å². The number of hydrogen-bond acceptors (Lipinski definition) is 1. The molecule has 20 heavy (non-hydrogen) atoms. The monoisotopic (exact) mass is 328 g/mol. The lowest BCUT2D eigenvalue weighted by molar-refractivity contribution is 0.415. The van der Waals surface area contributed by atoms with Crippen molar-refractivity contribution in [2.24, 2.45) is 0 Å². The molecule has 0 N–H and O–H groups in total. The standard InChI is InChI=1S/C16H15Cl3O/c1-10(11-6-4-3-5-7-11)16(19)12-8-14(18)15(20-2)9-13(12)17/h3-10,16H,1-2H3. The molecule has 2 unspecified atom stereocenters. The molecule has 0 fully saturated rings. The second-order valence-electron chi connectivity index (χ2n) is 4.61. The molecule has 0 bridgehead atoms. The molecule has 0 saturated carbocycles. The van der Waals surface area contributed by atoms with E-state index in [1.54, 1.807) is 19.2 Å². The van der Waals surface area contributed by atoms with Gasteiger partial charge >= 0.3 is 0 Å². The lowest BCUT2D eigenvalue weighted by Crippen LogP contribution is -2.03. The average molecular weight is 330 g/mol. The molecule has 0 aliphatic heterocycles. The molecule has 0 amide bonds. The van der Waals surface area contributed by atoms with Gasteiger partial charge in [0.1, 0.15) is 5.75 Å². The van der Waals surface area contributed by atoms with Crippen LogP contribution in [-0.4, -0.2) is 7.11 Å². The van der Waals surface area contributed by atoms with E-state index in [2.05, 4.69) is 19.1 Å². The Morgan fingerprint density at radius 2 is 1.65 bits per heavy atom. The van der Waals surface area contributed by atoms with Crippen molar-refractivity contribution in [3.05, 3.63) is 63.6 Å². The Morgan fingerprint density at radius 3 is 2.25 bits per heavy atom. The van der Waals surface area contributed by atoms with E-state index >= 15 is 0 Å². The van der Waals surface area contributed by atoms with Crippen LogP contribution in [0.2, 0.25) is 10.0 Å². The van der Waals surface area contributed by atoms with Gasteiger partial charge in [-0.15, -0.1) is 11.6 Å². The van der Waals surface area contributed by atoms with E-state index in [9.17, 15) is 0 Å². The Hall–Kier alpha value is -0.890. The summed E-state index contributed by atoms with van der Waals surface area (Å²) in [6, 6.07) is 13.6. The highest BCUT2D eigenvalue weighted by Crippen LogP contribution is 2.42. The molecule has 4 heteroatoms. The highest BCUT2D eigenvalue weighted by molar-refractivity contribution is 6.35. The largest absolute Gasteiger partial charge is 0.495 e. The maximum atomic E-state index is 6.58. The van der Waals surface area contributed by atoms with Crippen molar-refractivity contribution in [2.45, 2.75) is 18.2 Å². The third-order valence-electron chi connectivity index (χ3n) is 3.33. The Balaban J connectivity index is 2.34. The van der Waals surface area contributed by atoms with E-state index in [1.807, 2.05) is 18.2 Å². The van der Waals surface area contributed by atoms with Crippen molar-refractivity contribution in [1.29, 1.82) is 0 Å². The van der Waals surface area contributed by atoms with Crippen molar-refractivity contribution < 1.29 is 4.74 Å². The number of rotatable bonds is 4. The number of alkyl halides is 1. The van der Waals surface area contributed by atoms with Crippen molar-refractivity contribution in [3.8, 4) is 5.75 Å². The van der Waals surface area contributed by atoms with Gasteiger partial charge in [-0.1, -0.05) is 60.5 Å². The third-order valence-corrected chi connectivity index (χ3v) is 4.57. The summed E-state index contributed by atoms with van der Waals surface area (Å²) in [5.74, 6) is 0.677. The number of methoxy groups -OCH3 is 1. The van der Waals surface area contributed by atoms with Gasteiger partial charge in [0, 0.05) is 17.0 Å². The van der Waals surface area contributed by atoms with Crippen molar-refractivity contribution in [3.63, 3.8) is 0 Å². The molecule has 0 radical (unpaired) electrons. The smallest absolute Gasteiger partial charge is 0.138 e. The number of benzene rings is 2. The van der Waals surface area contributed by atoms with Gasteiger partial charge in [0.15, 0.2) is 0 Å². The summed E-state index contributed by atoms with van der Waals surface area (Å²) in [6.45, 7) is 2.07. The topological polar surface area (TPSA) is 9.23 Å². The quantitative estimate of drug-likeness (QED) is 0.617. The van der Waals surface area contributed by atoms with Crippen LogP contribution >= 0.6 is 34.8 Å². The molecule has 0 heterocycles. The Morgan fingerprint density at radius 1 is 1.00 bits per heavy atom. The SMILES string of the molecule is COc1cc(Cl)c(C(Cl)C(C)c2ccccc2)cc1Cl. The zero-order valence-corrected chi connectivity index (χ0v) is 13.5. The third kappa shape index (κ3) is 3.22. The van der Waals surface area contributed by atoms with Gasteiger partial charge in [-0.2, -0.15) is 0 Å². The molecular weight excluding hydrogens is 315 g/mol. The predicted molar refractivity (Wildman–Crippen MR) is 86.5 cm³/mol. The minimum atomic E-state index is -0.256. The fourth-order valence-electron chi connectivity index (χ4n) is 2.11. The Bertz CT molecular complexity index is 584. The highest BCUT2D eigenvalue weighted by Gasteiger charge is 2.22. The van der Waals surface area contributed by atoms with Crippen LogP contribution in [0.5, 0.6) is 5.75 Å². The Labute approximate surface area is 134 Å². The molecule has 2 rings (SSSR count). The molecular formula is C16H15Cl3O. The summed E-state index contributed by atoms with van der Waals surface area (Å²) >= 11 is 19.0. The zero-order valence-electron chi connectivity index (χ0n) is 11.2. The molecule has 2 aromatic rings. The van der Waals surface area contributed by atoms with Crippen LogP contribution in [0.15, 0.2) is 42.5 Å². The lowest BCUT2D eigenvalue weighted by Gasteiger charge is -2.20. The fraction of sp³-hybridized carbons (Fsp3) is 0.250. The molecule has 0 aliphatic rings. The summed E-state index contributed by atoms with van der Waals surface area (Å²) in [5, 5.41) is 0.820. The maximum Gasteiger partial charge on any atom is 0.138 e. The summed E-state index contributed by atoms with van der Waals surface area (Å²) in [4.78, 5) is 0. The number of halogens is 3. The molecule has 1 nitrogen and oxygen atoms in total. The van der Waals surface area contributed by atoms with Crippen LogP contribution in [0, 0.1) is 0 Å². The van der Waals surface area contributed by atoms with Crippen LogP contribution in [0.3, 0.4) is 0 Å². The van der Waals surface area contributed by atoms with Crippen LogP contribution in [0.4, 0.5) is 0 Å². The molecule has 0 aliphatic carbocycles. The van der Waals surface area contributed by atoms with Gasteiger partial charge in [-0.05, 0) is 17.2 Å². The molecule has 0 saturated heterocycles. The second kappa shape index (κ2) is 6.71. The molecule has 106 valence electrons. The first-order valence-corrected chi connectivity index (χ1v) is 7.45. The van der Waals surface area contributed by atoms with Gasteiger partial charge in [0.25, 0.3) is 0 Å². The highest BCUT2D eigenvalue weighted by atomic mass is 35.5. The minimum absolute atomic E-state index is 0.125. The fourth-order valence-corrected chi connectivity index (χ4v) is 3.01. The zero-order chi connectivity index (χ0) is 14.7. The summed E-state index contributed by atoms with van der Waals surface area (Å²) in [7, 11) is 1.56. The van der Waals surface area contributed by atoms with E-state index in [1.165, 1.54) is 0 Å². The Kier molecular flexibility index (Phi) is 5.20. The van der Waals surface area contributed by atoms with Crippen LogP contribution in [-0.2, 0) is 0 Å². The first-order valence-electron chi connectivity index (χ1n) is 6.26. The second-order valence-corrected chi connectivity index (χ2v) is 5.89. The average Bonchev–Trinajstić information content (AvgIpc) is 2.48. The summed E-state index contributed by atoms with van der Waals surface area (Å²) < 4.78 is 5.15. The maximum absolute atomic E-state index is 6.58.